The molecule has 3 N–H and O–H groups in total. The SMILES string of the molecule is CCCNC(=O)CN(C)C(=O)c1ccc(C(N)=S)cc1. The molecular weight excluding hydrogens is 274 g/mol. The molecule has 0 aliphatic heterocycles. The van der Waals surface area contributed by atoms with Gasteiger partial charge in [0.05, 0.1) is 6.54 Å². The molecule has 0 saturated heterocycles. The van der Waals surface area contributed by atoms with Crippen molar-refractivity contribution in [3.8, 4) is 0 Å². The van der Waals surface area contributed by atoms with Gasteiger partial charge in [0, 0.05) is 24.7 Å². The molecule has 0 unspecified atom stereocenters. The molecule has 0 heterocycles. The van der Waals surface area contributed by atoms with Gasteiger partial charge in [0.15, 0.2) is 0 Å². The van der Waals surface area contributed by atoms with E-state index in [1.165, 1.54) is 4.90 Å². The maximum atomic E-state index is 12.1. The molecule has 1 aromatic rings. The van der Waals surface area contributed by atoms with Crippen molar-refractivity contribution in [3.05, 3.63) is 35.4 Å². The predicted molar refractivity (Wildman–Crippen MR) is 82.6 cm³/mol. The first-order valence-electron chi connectivity index (χ1n) is 6.37. The zero-order chi connectivity index (χ0) is 15.1. The van der Waals surface area contributed by atoms with Crippen LogP contribution in [0.25, 0.3) is 0 Å². The van der Waals surface area contributed by atoms with Crippen LogP contribution in [-0.4, -0.2) is 41.8 Å². The Morgan fingerprint density at radius 3 is 2.30 bits per heavy atom. The molecule has 0 radical (unpaired) electrons. The fourth-order valence-electron chi connectivity index (χ4n) is 1.60. The molecule has 0 spiro atoms. The summed E-state index contributed by atoms with van der Waals surface area (Å²) in [6.07, 6.45) is 0.865. The number of likely N-dealkylation sites (N-methyl/N-ethyl adjacent to an activating group) is 1. The van der Waals surface area contributed by atoms with E-state index in [0.29, 0.717) is 17.7 Å². The van der Waals surface area contributed by atoms with Crippen LogP contribution in [0, 0.1) is 0 Å². The summed E-state index contributed by atoms with van der Waals surface area (Å²) < 4.78 is 0. The molecule has 2 amide bonds. The van der Waals surface area contributed by atoms with Gasteiger partial charge in [0.2, 0.25) is 5.91 Å². The summed E-state index contributed by atoms with van der Waals surface area (Å²) in [4.78, 5) is 25.3. The van der Waals surface area contributed by atoms with Crippen LogP contribution >= 0.6 is 12.2 Å². The Morgan fingerprint density at radius 2 is 1.80 bits per heavy atom. The first-order chi connectivity index (χ1) is 9.45. The fraction of sp³-hybridized carbons (Fsp3) is 0.357. The number of hydrogen-bond acceptors (Lipinski definition) is 3. The van der Waals surface area contributed by atoms with E-state index in [1.54, 1.807) is 31.3 Å². The van der Waals surface area contributed by atoms with Gasteiger partial charge in [-0.1, -0.05) is 31.3 Å². The number of nitrogens with zero attached hydrogens (tertiary/aromatic N) is 1. The minimum absolute atomic E-state index is 0.0376. The van der Waals surface area contributed by atoms with Gasteiger partial charge in [-0.15, -0.1) is 0 Å². The average Bonchev–Trinajstić information content (AvgIpc) is 2.44. The molecule has 0 saturated carbocycles. The van der Waals surface area contributed by atoms with Crippen molar-refractivity contribution in [1.82, 2.24) is 10.2 Å². The Kier molecular flexibility index (Phi) is 6.11. The number of nitrogens with two attached hydrogens (primary N) is 1. The molecule has 1 rings (SSSR count). The lowest BCUT2D eigenvalue weighted by Gasteiger charge is -2.17. The third-order valence-corrected chi connectivity index (χ3v) is 2.95. The summed E-state index contributed by atoms with van der Waals surface area (Å²) in [7, 11) is 1.59. The molecule has 6 heteroatoms. The predicted octanol–water partition coefficient (Wildman–Crippen LogP) is 0.919. The maximum Gasteiger partial charge on any atom is 0.254 e. The highest BCUT2D eigenvalue weighted by molar-refractivity contribution is 7.80. The monoisotopic (exact) mass is 293 g/mol. The topological polar surface area (TPSA) is 75.4 Å². The van der Waals surface area contributed by atoms with Crippen molar-refractivity contribution in [3.63, 3.8) is 0 Å². The van der Waals surface area contributed by atoms with E-state index in [2.05, 4.69) is 5.32 Å². The quantitative estimate of drug-likeness (QED) is 0.765. The minimum Gasteiger partial charge on any atom is -0.389 e. The molecule has 0 fully saturated rings. The molecule has 20 heavy (non-hydrogen) atoms. The summed E-state index contributed by atoms with van der Waals surface area (Å²) >= 11 is 4.85. The average molecular weight is 293 g/mol. The number of amides is 2. The summed E-state index contributed by atoms with van der Waals surface area (Å²) in [5.74, 6) is -0.381. The van der Waals surface area contributed by atoms with E-state index in [-0.39, 0.29) is 23.3 Å². The highest BCUT2D eigenvalue weighted by Crippen LogP contribution is 2.07. The summed E-state index contributed by atoms with van der Waals surface area (Å²) in [5, 5.41) is 2.73. The third kappa shape index (κ3) is 4.62. The first-order valence-corrected chi connectivity index (χ1v) is 6.78. The maximum absolute atomic E-state index is 12.1. The van der Waals surface area contributed by atoms with Crippen molar-refractivity contribution >= 4 is 29.0 Å². The van der Waals surface area contributed by atoms with E-state index in [4.69, 9.17) is 18.0 Å². The summed E-state index contributed by atoms with van der Waals surface area (Å²) in [6, 6.07) is 6.69. The number of nitrogens with one attached hydrogen (secondary N) is 1. The minimum atomic E-state index is -0.217. The van der Waals surface area contributed by atoms with Crippen LogP contribution in [0.1, 0.15) is 29.3 Å². The second-order valence-electron chi connectivity index (χ2n) is 4.45. The molecule has 0 aromatic heterocycles. The number of carbonyl (C=O) groups is 2. The van der Waals surface area contributed by atoms with Crippen LogP contribution < -0.4 is 11.1 Å². The molecule has 5 nitrogen and oxygen atoms in total. The Morgan fingerprint density at radius 1 is 1.25 bits per heavy atom. The number of thiocarbonyl (C=S) groups is 1. The van der Waals surface area contributed by atoms with E-state index in [9.17, 15) is 9.59 Å². The zero-order valence-electron chi connectivity index (χ0n) is 11.7. The standard InChI is InChI=1S/C14H19N3O2S/c1-3-8-16-12(18)9-17(2)14(19)11-6-4-10(5-7-11)13(15)20/h4-7H,3,8-9H2,1-2H3,(H2,15,20)(H,16,18). The van der Waals surface area contributed by atoms with Crippen LogP contribution in [0.5, 0.6) is 0 Å². The normalized spacial score (nSPS) is 9.90. The molecule has 0 aliphatic carbocycles. The Bertz CT molecular complexity index is 500. The second kappa shape index (κ2) is 7.59. The van der Waals surface area contributed by atoms with Gasteiger partial charge >= 0.3 is 0 Å². The molecule has 108 valence electrons. The molecular formula is C14H19N3O2S. The fourth-order valence-corrected chi connectivity index (χ4v) is 1.74. The van der Waals surface area contributed by atoms with Crippen LogP contribution in [0.3, 0.4) is 0 Å². The molecule has 0 aliphatic rings. The third-order valence-electron chi connectivity index (χ3n) is 2.72. The van der Waals surface area contributed by atoms with Crippen LogP contribution in [0.15, 0.2) is 24.3 Å². The summed E-state index contributed by atoms with van der Waals surface area (Å²) in [6.45, 7) is 2.62. The highest BCUT2D eigenvalue weighted by Gasteiger charge is 2.14. The molecule has 0 atom stereocenters. The van der Waals surface area contributed by atoms with E-state index >= 15 is 0 Å². The van der Waals surface area contributed by atoms with Crippen molar-refractivity contribution in [2.24, 2.45) is 5.73 Å². The lowest BCUT2D eigenvalue weighted by atomic mass is 10.1. The Balaban J connectivity index is 2.64. The van der Waals surface area contributed by atoms with E-state index in [1.807, 2.05) is 6.92 Å². The highest BCUT2D eigenvalue weighted by atomic mass is 32.1. The van der Waals surface area contributed by atoms with Gasteiger partial charge < -0.3 is 16.0 Å². The number of hydrogen-bond donors (Lipinski definition) is 2. The van der Waals surface area contributed by atoms with Crippen LogP contribution in [0.4, 0.5) is 0 Å². The smallest absolute Gasteiger partial charge is 0.254 e. The Hall–Kier alpha value is -1.95. The molecule has 0 bridgehead atoms. The number of rotatable bonds is 6. The van der Waals surface area contributed by atoms with Gasteiger partial charge in [-0.2, -0.15) is 0 Å². The lowest BCUT2D eigenvalue weighted by molar-refractivity contribution is -0.121. The lowest BCUT2D eigenvalue weighted by Crippen LogP contribution is -2.38. The number of carbonyl (C=O) groups excluding carboxylic acids is 2. The van der Waals surface area contributed by atoms with Gasteiger partial charge in [-0.3, -0.25) is 9.59 Å². The summed E-state index contributed by atoms with van der Waals surface area (Å²) in [5.41, 5.74) is 6.70. The van der Waals surface area contributed by atoms with Crippen molar-refractivity contribution in [2.45, 2.75) is 13.3 Å². The van der Waals surface area contributed by atoms with E-state index < -0.39 is 0 Å². The zero-order valence-corrected chi connectivity index (χ0v) is 12.5. The van der Waals surface area contributed by atoms with Crippen molar-refractivity contribution < 1.29 is 9.59 Å². The van der Waals surface area contributed by atoms with Gasteiger partial charge in [0.25, 0.3) is 5.91 Å². The van der Waals surface area contributed by atoms with Crippen LogP contribution in [0.2, 0.25) is 0 Å². The number of benzene rings is 1. The molecule has 1 aromatic carbocycles. The van der Waals surface area contributed by atoms with Gasteiger partial charge in [0.1, 0.15) is 4.99 Å². The first kappa shape index (κ1) is 16.1. The van der Waals surface area contributed by atoms with Crippen molar-refractivity contribution in [1.29, 1.82) is 0 Å². The Labute approximate surface area is 124 Å². The second-order valence-corrected chi connectivity index (χ2v) is 4.89. The van der Waals surface area contributed by atoms with Gasteiger partial charge in [-0.05, 0) is 18.6 Å². The van der Waals surface area contributed by atoms with Crippen molar-refractivity contribution in [2.75, 3.05) is 20.1 Å². The van der Waals surface area contributed by atoms with Gasteiger partial charge in [-0.25, -0.2) is 0 Å². The van der Waals surface area contributed by atoms with E-state index in [0.717, 1.165) is 6.42 Å². The largest absolute Gasteiger partial charge is 0.389 e. The van der Waals surface area contributed by atoms with Crippen LogP contribution in [-0.2, 0) is 4.79 Å².